The number of fused-ring (bicyclic) bond motifs is 1. The molecule has 174 valence electrons. The highest BCUT2D eigenvalue weighted by Gasteiger charge is 2.35. The molecule has 32 heavy (non-hydrogen) atoms. The second kappa shape index (κ2) is 9.33. The number of carbonyl (C=O) groups excluding carboxylic acids is 1. The van der Waals surface area contributed by atoms with E-state index in [-0.39, 0.29) is 23.5 Å². The predicted molar refractivity (Wildman–Crippen MR) is 118 cm³/mol. The van der Waals surface area contributed by atoms with Crippen LogP contribution in [0.4, 0.5) is 19.0 Å². The molecule has 1 aromatic carbocycles. The number of likely N-dealkylation sites (tertiary alicyclic amines) is 1. The van der Waals surface area contributed by atoms with Crippen molar-refractivity contribution in [3.8, 4) is 0 Å². The fourth-order valence-corrected chi connectivity index (χ4v) is 5.12. The number of hydrogen-bond acceptors (Lipinski definition) is 5. The highest BCUT2D eigenvalue weighted by molar-refractivity contribution is 5.91. The minimum Gasteiger partial charge on any atom is -0.362 e. The van der Waals surface area contributed by atoms with Crippen LogP contribution in [0.1, 0.15) is 51.5 Å². The van der Waals surface area contributed by atoms with Gasteiger partial charge in [-0.15, -0.1) is 0 Å². The van der Waals surface area contributed by atoms with Gasteiger partial charge in [0, 0.05) is 30.9 Å². The number of aromatic nitrogens is 2. The third-order valence-corrected chi connectivity index (χ3v) is 7.12. The summed E-state index contributed by atoms with van der Waals surface area (Å²) >= 11 is 0. The van der Waals surface area contributed by atoms with Crippen LogP contribution in [0.5, 0.6) is 0 Å². The normalized spacial score (nSPS) is 22.8. The summed E-state index contributed by atoms with van der Waals surface area (Å²) in [4.78, 5) is 23.1. The highest BCUT2D eigenvalue weighted by atomic mass is 19.4. The van der Waals surface area contributed by atoms with E-state index in [0.717, 1.165) is 37.1 Å². The van der Waals surface area contributed by atoms with Crippen LogP contribution in [-0.2, 0) is 11.0 Å². The summed E-state index contributed by atoms with van der Waals surface area (Å²) in [6.07, 6.45) is 2.45. The Balaban J connectivity index is 1.26. The molecule has 0 amide bonds. The van der Waals surface area contributed by atoms with Crippen molar-refractivity contribution in [3.05, 3.63) is 30.1 Å². The van der Waals surface area contributed by atoms with Gasteiger partial charge in [0.1, 0.15) is 12.1 Å². The topological polar surface area (TPSA) is 58.1 Å². The molecule has 8 heteroatoms. The van der Waals surface area contributed by atoms with Gasteiger partial charge in [0.2, 0.25) is 0 Å². The highest BCUT2D eigenvalue weighted by Crippen LogP contribution is 2.35. The molecule has 1 aliphatic carbocycles. The van der Waals surface area contributed by atoms with Gasteiger partial charge in [-0.05, 0) is 61.6 Å². The number of anilines is 1. The molecule has 0 atom stereocenters. The molecule has 5 nitrogen and oxygen atoms in total. The molecular weight excluding hydrogens is 417 g/mol. The Kier molecular flexibility index (Phi) is 6.70. The summed E-state index contributed by atoms with van der Waals surface area (Å²) in [5, 5.41) is 3.19. The van der Waals surface area contributed by atoms with Crippen LogP contribution in [0.15, 0.2) is 24.5 Å². The van der Waals surface area contributed by atoms with E-state index in [2.05, 4.69) is 34.0 Å². The molecular formula is C24H31F3N4O. The van der Waals surface area contributed by atoms with E-state index in [1.807, 2.05) is 0 Å². The molecule has 4 rings (SSSR count). The summed E-state index contributed by atoms with van der Waals surface area (Å²) in [6.45, 7) is 6.61. The number of rotatable bonds is 7. The number of nitrogens with zero attached hydrogens (tertiary/aromatic N) is 3. The number of benzene rings is 1. The van der Waals surface area contributed by atoms with E-state index >= 15 is 0 Å². The second-order valence-electron chi connectivity index (χ2n) is 9.68. The van der Waals surface area contributed by atoms with Crippen LogP contribution in [0.25, 0.3) is 10.9 Å². The van der Waals surface area contributed by atoms with E-state index in [9.17, 15) is 18.0 Å². The van der Waals surface area contributed by atoms with Crippen molar-refractivity contribution in [2.45, 2.75) is 58.2 Å². The number of halogens is 3. The summed E-state index contributed by atoms with van der Waals surface area (Å²) in [5.41, 5.74) is -0.351. The fraction of sp³-hybridized carbons (Fsp3) is 0.625. The van der Waals surface area contributed by atoms with Gasteiger partial charge in [0.05, 0.1) is 17.6 Å². The summed E-state index contributed by atoms with van der Waals surface area (Å²) in [6, 6.07) is 4.01. The number of ketones is 1. The van der Waals surface area contributed by atoms with Crippen LogP contribution in [0.2, 0.25) is 0 Å². The maximum absolute atomic E-state index is 13.1. The van der Waals surface area contributed by atoms with Crippen molar-refractivity contribution in [2.75, 3.05) is 25.0 Å². The molecule has 1 saturated carbocycles. The lowest BCUT2D eigenvalue weighted by Crippen LogP contribution is -2.53. The third kappa shape index (κ3) is 5.22. The van der Waals surface area contributed by atoms with Crippen molar-refractivity contribution < 1.29 is 18.0 Å². The van der Waals surface area contributed by atoms with E-state index < -0.39 is 11.7 Å². The molecule has 1 saturated heterocycles. The van der Waals surface area contributed by atoms with Gasteiger partial charge in [-0.25, -0.2) is 9.97 Å². The van der Waals surface area contributed by atoms with Gasteiger partial charge in [0.25, 0.3) is 0 Å². The van der Waals surface area contributed by atoms with Crippen molar-refractivity contribution in [3.63, 3.8) is 0 Å². The molecule has 0 radical (unpaired) electrons. The Hall–Kier alpha value is -2.22. The van der Waals surface area contributed by atoms with Crippen LogP contribution in [-0.4, -0.2) is 46.3 Å². The molecule has 1 aromatic heterocycles. The summed E-state index contributed by atoms with van der Waals surface area (Å²) in [5.74, 6) is 2.29. The molecule has 2 fully saturated rings. The Morgan fingerprint density at radius 2 is 1.88 bits per heavy atom. The zero-order valence-electron chi connectivity index (χ0n) is 18.7. The molecule has 0 unspecified atom stereocenters. The monoisotopic (exact) mass is 448 g/mol. The van der Waals surface area contributed by atoms with Crippen LogP contribution in [0.3, 0.4) is 0 Å². The molecule has 0 spiro atoms. The van der Waals surface area contributed by atoms with Crippen molar-refractivity contribution in [1.82, 2.24) is 14.9 Å². The lowest BCUT2D eigenvalue weighted by molar-refractivity contribution is -0.137. The molecule has 1 N–H and O–H groups in total. The van der Waals surface area contributed by atoms with Crippen molar-refractivity contribution in [1.29, 1.82) is 0 Å². The number of Topliss-reactive ketones (excluding diaryl/α,β-unsaturated/α-hetero) is 1. The van der Waals surface area contributed by atoms with Gasteiger partial charge in [-0.3, -0.25) is 9.69 Å². The first-order valence-electron chi connectivity index (χ1n) is 11.5. The Morgan fingerprint density at radius 1 is 1.16 bits per heavy atom. The molecule has 2 aliphatic rings. The van der Waals surface area contributed by atoms with Crippen molar-refractivity contribution in [2.24, 2.45) is 17.8 Å². The third-order valence-electron chi connectivity index (χ3n) is 7.12. The first kappa shape index (κ1) is 23.0. The van der Waals surface area contributed by atoms with Crippen LogP contribution in [0, 0.1) is 17.8 Å². The molecule has 2 aromatic rings. The average Bonchev–Trinajstić information content (AvgIpc) is 2.73. The second-order valence-corrected chi connectivity index (χ2v) is 9.68. The van der Waals surface area contributed by atoms with Gasteiger partial charge in [-0.1, -0.05) is 13.8 Å². The lowest BCUT2D eigenvalue weighted by Gasteiger charge is -2.47. The summed E-state index contributed by atoms with van der Waals surface area (Å²) < 4.78 is 39.2. The molecule has 1 aliphatic heterocycles. The Morgan fingerprint density at radius 3 is 2.53 bits per heavy atom. The van der Waals surface area contributed by atoms with Gasteiger partial charge >= 0.3 is 6.18 Å². The minimum atomic E-state index is -4.44. The maximum Gasteiger partial charge on any atom is 0.416 e. The standard InChI is InChI=1S/C24H31F3N4O/c1-15(2)17-3-6-19(7-4-17)31-12-16(13-31)9-20(32)11-28-23-21-10-18(24(25,26)27)5-8-22(21)29-14-30-23/h5,8,10,14-17,19H,3-4,6-7,9,11-13H2,1-2H3,(H,28,29,30). The van der Waals surface area contributed by atoms with Crippen molar-refractivity contribution >= 4 is 22.5 Å². The number of nitrogens with one attached hydrogen (secondary N) is 1. The molecule has 2 heterocycles. The van der Waals surface area contributed by atoms with E-state index in [1.54, 1.807) is 0 Å². The number of alkyl halides is 3. The number of hydrogen-bond donors (Lipinski definition) is 1. The largest absolute Gasteiger partial charge is 0.416 e. The SMILES string of the molecule is CC(C)C1CCC(N2CC(CC(=O)CNc3ncnc4ccc(C(F)(F)F)cc34)C2)CC1. The fourth-order valence-electron chi connectivity index (χ4n) is 5.12. The van der Waals surface area contributed by atoms with E-state index in [0.29, 0.717) is 23.9 Å². The Labute approximate surface area is 186 Å². The lowest BCUT2D eigenvalue weighted by atomic mass is 9.78. The maximum atomic E-state index is 13.1. The smallest absolute Gasteiger partial charge is 0.362 e. The van der Waals surface area contributed by atoms with E-state index in [1.165, 1.54) is 38.1 Å². The van der Waals surface area contributed by atoms with Crippen LogP contribution >= 0.6 is 0 Å². The Bertz CT molecular complexity index is 948. The first-order chi connectivity index (χ1) is 15.2. The van der Waals surface area contributed by atoms with Gasteiger partial charge in [-0.2, -0.15) is 13.2 Å². The zero-order valence-corrected chi connectivity index (χ0v) is 18.7. The predicted octanol–water partition coefficient (Wildman–Crippen LogP) is 5.17. The average molecular weight is 449 g/mol. The minimum absolute atomic E-state index is 0.0527. The zero-order chi connectivity index (χ0) is 22.9. The van der Waals surface area contributed by atoms with Gasteiger partial charge in [0.15, 0.2) is 5.78 Å². The van der Waals surface area contributed by atoms with Crippen LogP contribution < -0.4 is 5.32 Å². The summed E-state index contributed by atoms with van der Waals surface area (Å²) in [7, 11) is 0. The number of carbonyl (C=O) groups is 1. The quantitative estimate of drug-likeness (QED) is 0.634. The molecule has 0 bridgehead atoms. The first-order valence-corrected chi connectivity index (χ1v) is 11.5. The van der Waals surface area contributed by atoms with E-state index in [4.69, 9.17) is 0 Å². The van der Waals surface area contributed by atoms with Gasteiger partial charge < -0.3 is 5.32 Å².